The summed E-state index contributed by atoms with van der Waals surface area (Å²) in [5, 5.41) is 3.88. The van der Waals surface area contributed by atoms with Crippen LogP contribution in [-0.4, -0.2) is 10.1 Å². The maximum absolute atomic E-state index is 13.6. The first-order valence-electron chi connectivity index (χ1n) is 5.46. The monoisotopic (exact) mass is 240 g/mol. The summed E-state index contributed by atoms with van der Waals surface area (Å²) in [4.78, 5) is 4.00. The minimum absolute atomic E-state index is 0.316. The Morgan fingerprint density at radius 2 is 1.94 bits per heavy atom. The van der Waals surface area contributed by atoms with Crippen LogP contribution >= 0.6 is 0 Å². The van der Waals surface area contributed by atoms with E-state index >= 15 is 0 Å². The lowest BCUT2D eigenvalue weighted by Gasteiger charge is -1.95. The first-order chi connectivity index (χ1) is 8.84. The molecule has 3 aromatic rings. The van der Waals surface area contributed by atoms with Gasteiger partial charge in [-0.2, -0.15) is 0 Å². The van der Waals surface area contributed by atoms with Crippen molar-refractivity contribution < 1.29 is 8.91 Å². The fourth-order valence-corrected chi connectivity index (χ4v) is 1.72. The predicted octanol–water partition coefficient (Wildman–Crippen LogP) is 3.54. The lowest BCUT2D eigenvalue weighted by Crippen LogP contribution is -1.82. The van der Waals surface area contributed by atoms with Crippen molar-refractivity contribution in [2.45, 2.75) is 0 Å². The van der Waals surface area contributed by atoms with Gasteiger partial charge in [-0.1, -0.05) is 17.3 Å². The molecule has 0 aliphatic carbocycles. The van der Waals surface area contributed by atoms with Crippen molar-refractivity contribution in [1.29, 1.82) is 0 Å². The first kappa shape index (κ1) is 10.7. The molecule has 0 atom stereocenters. The van der Waals surface area contributed by atoms with Crippen LogP contribution in [0.15, 0.2) is 59.4 Å². The van der Waals surface area contributed by atoms with Crippen LogP contribution in [0.5, 0.6) is 0 Å². The van der Waals surface area contributed by atoms with Gasteiger partial charge in [-0.15, -0.1) is 0 Å². The van der Waals surface area contributed by atoms with Gasteiger partial charge in [0.1, 0.15) is 11.5 Å². The molecular weight excluding hydrogens is 231 g/mol. The topological polar surface area (TPSA) is 38.9 Å². The Morgan fingerprint density at radius 3 is 2.72 bits per heavy atom. The van der Waals surface area contributed by atoms with Crippen LogP contribution in [0.25, 0.3) is 22.6 Å². The van der Waals surface area contributed by atoms with Gasteiger partial charge in [0.15, 0.2) is 5.76 Å². The van der Waals surface area contributed by atoms with Gasteiger partial charge in [0.25, 0.3) is 0 Å². The van der Waals surface area contributed by atoms with E-state index in [9.17, 15) is 4.39 Å². The predicted molar refractivity (Wildman–Crippen MR) is 65.1 cm³/mol. The Kier molecular flexibility index (Phi) is 2.61. The van der Waals surface area contributed by atoms with Crippen molar-refractivity contribution in [3.8, 4) is 22.6 Å². The zero-order chi connectivity index (χ0) is 12.4. The number of halogens is 1. The van der Waals surface area contributed by atoms with Crippen LogP contribution in [-0.2, 0) is 0 Å². The number of hydrogen-bond acceptors (Lipinski definition) is 3. The molecule has 0 fully saturated rings. The highest BCUT2D eigenvalue weighted by molar-refractivity contribution is 5.66. The number of nitrogens with zero attached hydrogens (tertiary/aromatic N) is 2. The van der Waals surface area contributed by atoms with E-state index in [-0.39, 0.29) is 5.82 Å². The average molecular weight is 240 g/mol. The summed E-state index contributed by atoms with van der Waals surface area (Å²) >= 11 is 0. The molecule has 0 spiro atoms. The summed E-state index contributed by atoms with van der Waals surface area (Å²) in [6.45, 7) is 0. The fraction of sp³-hybridized carbons (Fsp3) is 0. The lowest BCUT2D eigenvalue weighted by molar-refractivity contribution is 0.434. The molecule has 88 valence electrons. The lowest BCUT2D eigenvalue weighted by atomic mass is 10.1. The van der Waals surface area contributed by atoms with Gasteiger partial charge in [-0.3, -0.25) is 4.98 Å². The molecule has 0 aliphatic rings. The molecule has 0 amide bonds. The standard InChI is InChI=1S/C14H9FN2O/c15-12-6-2-1-5-11(12)13-8-14(18-17-13)10-4-3-7-16-9-10/h1-9H. The fourth-order valence-electron chi connectivity index (χ4n) is 1.72. The third-order valence-corrected chi connectivity index (χ3v) is 2.61. The van der Waals surface area contributed by atoms with Crippen LogP contribution in [0.4, 0.5) is 4.39 Å². The van der Waals surface area contributed by atoms with Crippen LogP contribution < -0.4 is 0 Å². The van der Waals surface area contributed by atoms with Gasteiger partial charge < -0.3 is 4.52 Å². The summed E-state index contributed by atoms with van der Waals surface area (Å²) in [7, 11) is 0. The second kappa shape index (κ2) is 4.41. The maximum Gasteiger partial charge on any atom is 0.169 e. The second-order valence-corrected chi connectivity index (χ2v) is 3.80. The minimum atomic E-state index is -0.316. The van der Waals surface area contributed by atoms with E-state index in [1.807, 2.05) is 6.07 Å². The number of aromatic nitrogens is 2. The van der Waals surface area contributed by atoms with Gasteiger partial charge in [-0.25, -0.2) is 4.39 Å². The quantitative estimate of drug-likeness (QED) is 0.687. The highest BCUT2D eigenvalue weighted by Crippen LogP contribution is 2.26. The van der Waals surface area contributed by atoms with E-state index < -0.39 is 0 Å². The molecule has 0 saturated carbocycles. The zero-order valence-electron chi connectivity index (χ0n) is 9.38. The highest BCUT2D eigenvalue weighted by Gasteiger charge is 2.11. The summed E-state index contributed by atoms with van der Waals surface area (Å²) in [6, 6.07) is 11.8. The number of pyridine rings is 1. The Bertz CT molecular complexity index is 664. The molecule has 0 N–H and O–H groups in total. The van der Waals surface area contributed by atoms with Gasteiger partial charge in [0.2, 0.25) is 0 Å². The van der Waals surface area contributed by atoms with Crippen LogP contribution in [0, 0.1) is 5.82 Å². The second-order valence-electron chi connectivity index (χ2n) is 3.80. The number of rotatable bonds is 2. The van der Waals surface area contributed by atoms with Crippen LogP contribution in [0.3, 0.4) is 0 Å². The zero-order valence-corrected chi connectivity index (χ0v) is 9.38. The maximum atomic E-state index is 13.6. The van der Waals surface area contributed by atoms with Crippen molar-refractivity contribution in [3.63, 3.8) is 0 Å². The largest absolute Gasteiger partial charge is 0.356 e. The molecule has 1 aromatic carbocycles. The molecule has 18 heavy (non-hydrogen) atoms. The Labute approximate surface area is 103 Å². The normalized spacial score (nSPS) is 10.5. The van der Waals surface area contributed by atoms with Crippen molar-refractivity contribution in [2.75, 3.05) is 0 Å². The minimum Gasteiger partial charge on any atom is -0.356 e. The molecule has 0 aliphatic heterocycles. The molecule has 0 radical (unpaired) electrons. The summed E-state index contributed by atoms with van der Waals surface area (Å²) in [6.07, 6.45) is 3.35. The molecule has 3 nitrogen and oxygen atoms in total. The van der Waals surface area contributed by atoms with E-state index in [0.29, 0.717) is 17.0 Å². The number of hydrogen-bond donors (Lipinski definition) is 0. The van der Waals surface area contributed by atoms with Crippen LogP contribution in [0.1, 0.15) is 0 Å². The third-order valence-electron chi connectivity index (χ3n) is 2.61. The highest BCUT2D eigenvalue weighted by atomic mass is 19.1. The molecule has 0 saturated heterocycles. The summed E-state index contributed by atoms with van der Waals surface area (Å²) in [5.74, 6) is 0.255. The van der Waals surface area contributed by atoms with E-state index in [4.69, 9.17) is 4.52 Å². The average Bonchev–Trinajstić information content (AvgIpc) is 2.90. The van der Waals surface area contributed by atoms with E-state index in [0.717, 1.165) is 5.56 Å². The molecule has 4 heteroatoms. The smallest absolute Gasteiger partial charge is 0.169 e. The first-order valence-corrected chi connectivity index (χ1v) is 5.46. The molecule has 2 heterocycles. The molecule has 0 bridgehead atoms. The summed E-state index contributed by atoms with van der Waals surface area (Å²) < 4.78 is 18.8. The van der Waals surface area contributed by atoms with Crippen molar-refractivity contribution in [1.82, 2.24) is 10.1 Å². The Balaban J connectivity index is 2.03. The van der Waals surface area contributed by atoms with E-state index in [1.54, 1.807) is 42.7 Å². The SMILES string of the molecule is Fc1ccccc1-c1cc(-c2cccnc2)on1. The van der Waals surface area contributed by atoms with Crippen molar-refractivity contribution in [3.05, 3.63) is 60.7 Å². The van der Waals surface area contributed by atoms with Crippen LogP contribution in [0.2, 0.25) is 0 Å². The molecule has 0 unspecified atom stereocenters. The van der Waals surface area contributed by atoms with Gasteiger partial charge in [-0.05, 0) is 24.3 Å². The molecule has 3 rings (SSSR count). The van der Waals surface area contributed by atoms with Gasteiger partial charge in [0, 0.05) is 29.6 Å². The van der Waals surface area contributed by atoms with Crippen molar-refractivity contribution >= 4 is 0 Å². The Hall–Kier alpha value is -2.49. The van der Waals surface area contributed by atoms with E-state index in [2.05, 4.69) is 10.1 Å². The van der Waals surface area contributed by atoms with Gasteiger partial charge in [0.05, 0.1) is 0 Å². The molecule has 2 aromatic heterocycles. The molecular formula is C14H9FN2O. The van der Waals surface area contributed by atoms with E-state index in [1.165, 1.54) is 6.07 Å². The third kappa shape index (κ3) is 1.88. The van der Waals surface area contributed by atoms with Gasteiger partial charge >= 0.3 is 0 Å². The van der Waals surface area contributed by atoms with Crippen molar-refractivity contribution in [2.24, 2.45) is 0 Å². The number of benzene rings is 1. The Morgan fingerprint density at radius 1 is 1.06 bits per heavy atom. The summed E-state index contributed by atoms with van der Waals surface area (Å²) in [5.41, 5.74) is 1.72.